The number of carbonyl (C=O) groups excluding carboxylic acids is 2. The van der Waals surface area contributed by atoms with Crippen molar-refractivity contribution in [1.82, 2.24) is 15.1 Å². The third-order valence-corrected chi connectivity index (χ3v) is 4.83. The van der Waals surface area contributed by atoms with Gasteiger partial charge in [-0.2, -0.15) is 0 Å². The van der Waals surface area contributed by atoms with Gasteiger partial charge < -0.3 is 24.6 Å². The second kappa shape index (κ2) is 9.43. The Hall–Kier alpha value is -2.51. The van der Waals surface area contributed by atoms with Crippen LogP contribution in [-0.4, -0.2) is 67.9 Å². The molecule has 2 saturated heterocycles. The average molecular weight is 379 g/mol. The van der Waals surface area contributed by atoms with Crippen molar-refractivity contribution in [2.75, 3.05) is 45.9 Å². The minimum absolute atomic E-state index is 0.143. The van der Waals surface area contributed by atoms with E-state index in [0.29, 0.717) is 45.9 Å². The Morgan fingerprint density at radius 1 is 1.30 bits per heavy atom. The summed E-state index contributed by atoms with van der Waals surface area (Å²) in [5.74, 6) is 0.0350. The molecule has 0 aliphatic carbocycles. The van der Waals surface area contributed by atoms with Gasteiger partial charge in [0.2, 0.25) is 0 Å². The molecular weight excluding hydrogens is 353 g/mol. The number of ether oxygens (including phenoxy) is 2. The Bertz CT molecular complexity index is 658. The van der Waals surface area contributed by atoms with Crippen LogP contribution in [0.3, 0.4) is 0 Å². The number of rotatable bonds is 6. The van der Waals surface area contributed by atoms with Crippen LogP contribution in [0, 0.1) is 11.7 Å². The highest BCUT2D eigenvalue weighted by Crippen LogP contribution is 2.20. The third-order valence-electron chi connectivity index (χ3n) is 4.83. The van der Waals surface area contributed by atoms with Gasteiger partial charge in [0.05, 0.1) is 13.2 Å². The van der Waals surface area contributed by atoms with Gasteiger partial charge in [0, 0.05) is 38.6 Å². The molecule has 0 radical (unpaired) electrons. The van der Waals surface area contributed by atoms with Gasteiger partial charge in [-0.15, -0.1) is 0 Å². The molecule has 2 aliphatic rings. The van der Waals surface area contributed by atoms with Crippen molar-refractivity contribution in [3.05, 3.63) is 30.1 Å². The molecule has 0 unspecified atom stereocenters. The highest BCUT2D eigenvalue weighted by Gasteiger charge is 2.25. The lowest BCUT2D eigenvalue weighted by atomic mass is 9.99. The van der Waals surface area contributed by atoms with Gasteiger partial charge in [0.1, 0.15) is 0 Å². The molecule has 0 saturated carbocycles. The first kappa shape index (κ1) is 19.3. The minimum Gasteiger partial charge on any atom is -0.490 e. The second-order valence-corrected chi connectivity index (χ2v) is 6.88. The average Bonchev–Trinajstić information content (AvgIpc) is 2.69. The second-order valence-electron chi connectivity index (χ2n) is 6.88. The van der Waals surface area contributed by atoms with Crippen LogP contribution in [0.1, 0.15) is 19.3 Å². The van der Waals surface area contributed by atoms with E-state index in [2.05, 4.69) is 5.32 Å². The fourth-order valence-corrected chi connectivity index (χ4v) is 3.37. The summed E-state index contributed by atoms with van der Waals surface area (Å²) in [5.41, 5.74) is 0. The van der Waals surface area contributed by atoms with Gasteiger partial charge in [-0.25, -0.2) is 14.0 Å². The summed E-state index contributed by atoms with van der Waals surface area (Å²) in [6.45, 7) is 3.60. The normalized spacial score (nSPS) is 20.2. The summed E-state index contributed by atoms with van der Waals surface area (Å²) in [7, 11) is 0. The molecule has 148 valence electrons. The molecule has 0 bridgehead atoms. The zero-order chi connectivity index (χ0) is 19.1. The Balaban J connectivity index is 1.39. The maximum absolute atomic E-state index is 13.6. The zero-order valence-electron chi connectivity index (χ0n) is 15.4. The maximum atomic E-state index is 13.6. The van der Waals surface area contributed by atoms with Crippen LogP contribution in [0.25, 0.3) is 0 Å². The molecule has 8 heteroatoms. The third kappa shape index (κ3) is 5.48. The first-order valence-corrected chi connectivity index (χ1v) is 9.45. The van der Waals surface area contributed by atoms with Crippen molar-refractivity contribution in [3.8, 4) is 5.75 Å². The number of benzene rings is 1. The topological polar surface area (TPSA) is 71.1 Å². The highest BCUT2D eigenvalue weighted by molar-refractivity contribution is 5.74. The Morgan fingerprint density at radius 2 is 2.15 bits per heavy atom. The number of nitrogens with one attached hydrogen (secondary N) is 1. The molecule has 1 N–H and O–H groups in total. The SMILES string of the molecule is O=C(NCCN1CCCOC1=O)N1CCC[C@@H](COc2ccccc2F)C1. The van der Waals surface area contributed by atoms with E-state index < -0.39 is 0 Å². The summed E-state index contributed by atoms with van der Waals surface area (Å²) in [4.78, 5) is 27.3. The molecule has 1 aromatic rings. The number of halogens is 1. The number of likely N-dealkylation sites (tertiary alicyclic amines) is 1. The van der Waals surface area contributed by atoms with Gasteiger partial charge in [0.15, 0.2) is 11.6 Å². The van der Waals surface area contributed by atoms with Crippen LogP contribution in [0.2, 0.25) is 0 Å². The Kier molecular flexibility index (Phi) is 6.73. The van der Waals surface area contributed by atoms with Crippen LogP contribution in [0.5, 0.6) is 5.75 Å². The van der Waals surface area contributed by atoms with Crippen molar-refractivity contribution in [2.24, 2.45) is 5.92 Å². The van der Waals surface area contributed by atoms with E-state index in [0.717, 1.165) is 19.3 Å². The number of para-hydroxylation sites is 1. The van der Waals surface area contributed by atoms with E-state index in [1.54, 1.807) is 28.0 Å². The van der Waals surface area contributed by atoms with Crippen molar-refractivity contribution in [3.63, 3.8) is 0 Å². The Labute approximate surface area is 158 Å². The van der Waals surface area contributed by atoms with Gasteiger partial charge in [-0.1, -0.05) is 12.1 Å². The summed E-state index contributed by atoms with van der Waals surface area (Å²) in [6.07, 6.45) is 2.32. The number of amides is 3. The van der Waals surface area contributed by atoms with E-state index >= 15 is 0 Å². The number of piperidine rings is 1. The molecule has 3 amide bonds. The monoisotopic (exact) mass is 379 g/mol. The number of nitrogens with zero attached hydrogens (tertiary/aromatic N) is 2. The van der Waals surface area contributed by atoms with Crippen molar-refractivity contribution in [2.45, 2.75) is 19.3 Å². The van der Waals surface area contributed by atoms with Crippen LogP contribution in [-0.2, 0) is 4.74 Å². The number of hydrogen-bond donors (Lipinski definition) is 1. The van der Waals surface area contributed by atoms with Gasteiger partial charge in [0.25, 0.3) is 0 Å². The fraction of sp³-hybridized carbons (Fsp3) is 0.579. The lowest BCUT2D eigenvalue weighted by Gasteiger charge is -2.33. The van der Waals surface area contributed by atoms with Crippen LogP contribution >= 0.6 is 0 Å². The van der Waals surface area contributed by atoms with Crippen molar-refractivity contribution >= 4 is 12.1 Å². The predicted molar refractivity (Wildman–Crippen MR) is 97.1 cm³/mol. The first-order chi connectivity index (χ1) is 13.1. The first-order valence-electron chi connectivity index (χ1n) is 9.45. The van der Waals surface area contributed by atoms with E-state index in [4.69, 9.17) is 9.47 Å². The smallest absolute Gasteiger partial charge is 0.409 e. The highest BCUT2D eigenvalue weighted by atomic mass is 19.1. The minimum atomic E-state index is -0.376. The van der Waals surface area contributed by atoms with E-state index in [-0.39, 0.29) is 29.6 Å². The molecule has 2 heterocycles. The molecular formula is C19H26FN3O4. The fourth-order valence-electron chi connectivity index (χ4n) is 3.37. The maximum Gasteiger partial charge on any atom is 0.409 e. The van der Waals surface area contributed by atoms with E-state index in [1.807, 2.05) is 0 Å². The van der Waals surface area contributed by atoms with Gasteiger partial charge in [-0.3, -0.25) is 0 Å². The predicted octanol–water partition coefficient (Wildman–Crippen LogP) is 2.47. The molecule has 0 spiro atoms. The number of hydrogen-bond acceptors (Lipinski definition) is 4. The van der Waals surface area contributed by atoms with Gasteiger partial charge >= 0.3 is 12.1 Å². The summed E-state index contributed by atoms with van der Waals surface area (Å²) in [6, 6.07) is 6.19. The Morgan fingerprint density at radius 3 is 2.96 bits per heavy atom. The molecule has 3 rings (SSSR count). The molecule has 2 aliphatic heterocycles. The summed E-state index contributed by atoms with van der Waals surface area (Å²) < 4.78 is 24.2. The van der Waals surface area contributed by atoms with Crippen molar-refractivity contribution in [1.29, 1.82) is 0 Å². The molecule has 1 atom stereocenters. The summed E-state index contributed by atoms with van der Waals surface area (Å²) >= 11 is 0. The van der Waals surface area contributed by atoms with Crippen LogP contribution in [0.4, 0.5) is 14.0 Å². The van der Waals surface area contributed by atoms with E-state index in [9.17, 15) is 14.0 Å². The molecule has 1 aromatic carbocycles. The van der Waals surface area contributed by atoms with Gasteiger partial charge in [-0.05, 0) is 31.4 Å². The quantitative estimate of drug-likeness (QED) is 0.824. The van der Waals surface area contributed by atoms with Crippen LogP contribution < -0.4 is 10.1 Å². The zero-order valence-corrected chi connectivity index (χ0v) is 15.4. The standard InChI is InChI=1S/C19H26FN3O4/c20-16-6-1-2-7-17(16)27-14-15-5-3-9-23(13-15)18(24)21-8-11-22-10-4-12-26-19(22)25/h1-2,6-7,15H,3-5,8-14H2,(H,21,24)/t15-/m1/s1. The molecule has 7 nitrogen and oxygen atoms in total. The molecule has 2 fully saturated rings. The lowest BCUT2D eigenvalue weighted by Crippen LogP contribution is -2.49. The molecule has 27 heavy (non-hydrogen) atoms. The van der Waals surface area contributed by atoms with Crippen LogP contribution in [0.15, 0.2) is 24.3 Å². The lowest BCUT2D eigenvalue weighted by molar-refractivity contribution is 0.0730. The largest absolute Gasteiger partial charge is 0.490 e. The van der Waals surface area contributed by atoms with E-state index in [1.165, 1.54) is 6.07 Å². The number of urea groups is 1. The summed E-state index contributed by atoms with van der Waals surface area (Å²) in [5, 5.41) is 2.86. The number of cyclic esters (lactones) is 1. The molecule has 0 aromatic heterocycles. The van der Waals surface area contributed by atoms with Crippen molar-refractivity contribution < 1.29 is 23.5 Å². The number of carbonyl (C=O) groups is 2.